The van der Waals surface area contributed by atoms with Gasteiger partial charge in [0.05, 0.1) is 0 Å². The fourth-order valence-electron chi connectivity index (χ4n) is 2.72. The lowest BCUT2D eigenvalue weighted by Gasteiger charge is -2.23. The van der Waals surface area contributed by atoms with Gasteiger partial charge in [-0.1, -0.05) is 6.07 Å². The lowest BCUT2D eigenvalue weighted by Crippen LogP contribution is -2.22. The Labute approximate surface area is 90.1 Å². The number of nitrogens with two attached hydrogens (primary N) is 1. The first-order valence-electron chi connectivity index (χ1n) is 5.84. The van der Waals surface area contributed by atoms with Crippen molar-refractivity contribution in [3.05, 3.63) is 28.8 Å². The molecule has 0 aromatic heterocycles. The maximum atomic E-state index is 9.83. The standard InChI is InChI=1S/C13H17NO/c14-13(7-8-13)11-5-6-12(15)10-4-2-1-3-9(10)11/h5-6,15H,1-4,7-8,14H2. The van der Waals surface area contributed by atoms with Gasteiger partial charge in [-0.15, -0.1) is 0 Å². The number of benzene rings is 1. The van der Waals surface area contributed by atoms with E-state index < -0.39 is 0 Å². The fraction of sp³-hybridized carbons (Fsp3) is 0.538. The molecule has 2 heteroatoms. The summed E-state index contributed by atoms with van der Waals surface area (Å²) in [6, 6.07) is 3.86. The monoisotopic (exact) mass is 203 g/mol. The Morgan fingerprint density at radius 1 is 1.07 bits per heavy atom. The zero-order chi connectivity index (χ0) is 10.5. The quantitative estimate of drug-likeness (QED) is 0.735. The Morgan fingerprint density at radius 3 is 2.40 bits per heavy atom. The molecule has 1 fully saturated rings. The average Bonchev–Trinajstić information content (AvgIpc) is 2.98. The van der Waals surface area contributed by atoms with E-state index >= 15 is 0 Å². The molecule has 0 atom stereocenters. The topological polar surface area (TPSA) is 46.2 Å². The van der Waals surface area contributed by atoms with Crippen molar-refractivity contribution in [1.29, 1.82) is 0 Å². The van der Waals surface area contributed by atoms with Crippen molar-refractivity contribution < 1.29 is 5.11 Å². The van der Waals surface area contributed by atoms with Crippen LogP contribution in [0.2, 0.25) is 0 Å². The molecular weight excluding hydrogens is 186 g/mol. The number of phenols is 1. The van der Waals surface area contributed by atoms with Gasteiger partial charge in [0.1, 0.15) is 5.75 Å². The summed E-state index contributed by atoms with van der Waals surface area (Å²) in [6.07, 6.45) is 6.75. The van der Waals surface area contributed by atoms with Crippen LogP contribution < -0.4 is 5.73 Å². The summed E-state index contributed by atoms with van der Waals surface area (Å²) in [6.45, 7) is 0. The van der Waals surface area contributed by atoms with Crippen LogP contribution in [0.15, 0.2) is 12.1 Å². The Morgan fingerprint density at radius 2 is 1.73 bits per heavy atom. The summed E-state index contributed by atoms with van der Waals surface area (Å²) in [5.41, 5.74) is 10.0. The van der Waals surface area contributed by atoms with Crippen LogP contribution in [-0.2, 0) is 18.4 Å². The van der Waals surface area contributed by atoms with Gasteiger partial charge in [-0.3, -0.25) is 0 Å². The van der Waals surface area contributed by atoms with Crippen LogP contribution >= 0.6 is 0 Å². The molecule has 3 rings (SSSR count). The number of rotatable bonds is 1. The van der Waals surface area contributed by atoms with Gasteiger partial charge in [0.2, 0.25) is 0 Å². The molecule has 0 saturated heterocycles. The molecule has 80 valence electrons. The van der Waals surface area contributed by atoms with Crippen molar-refractivity contribution in [3.63, 3.8) is 0 Å². The first-order valence-corrected chi connectivity index (χ1v) is 5.84. The highest BCUT2D eigenvalue weighted by molar-refractivity contribution is 5.49. The molecule has 2 aliphatic rings. The van der Waals surface area contributed by atoms with E-state index in [4.69, 9.17) is 5.73 Å². The smallest absolute Gasteiger partial charge is 0.119 e. The minimum absolute atomic E-state index is 0.0604. The fourth-order valence-corrected chi connectivity index (χ4v) is 2.72. The molecule has 2 aliphatic carbocycles. The summed E-state index contributed by atoms with van der Waals surface area (Å²) in [7, 11) is 0. The second kappa shape index (κ2) is 2.99. The second-order valence-electron chi connectivity index (χ2n) is 4.95. The molecule has 1 aromatic carbocycles. The molecule has 1 aromatic rings. The highest BCUT2D eigenvalue weighted by Crippen LogP contribution is 2.47. The van der Waals surface area contributed by atoms with Crippen LogP contribution in [0.25, 0.3) is 0 Å². The largest absolute Gasteiger partial charge is 0.508 e. The molecule has 3 N–H and O–H groups in total. The van der Waals surface area contributed by atoms with Crippen LogP contribution in [0.5, 0.6) is 5.75 Å². The van der Waals surface area contributed by atoms with E-state index in [9.17, 15) is 5.11 Å². The number of fused-ring (bicyclic) bond motifs is 1. The van der Waals surface area contributed by atoms with Crippen LogP contribution in [0, 0.1) is 0 Å². The van der Waals surface area contributed by atoms with Gasteiger partial charge < -0.3 is 10.8 Å². The van der Waals surface area contributed by atoms with Crippen molar-refractivity contribution in [2.45, 2.75) is 44.1 Å². The predicted octanol–water partition coefficient (Wildman–Crippen LogP) is 2.22. The minimum Gasteiger partial charge on any atom is -0.508 e. The molecule has 0 unspecified atom stereocenters. The van der Waals surface area contributed by atoms with Gasteiger partial charge in [0.15, 0.2) is 0 Å². The van der Waals surface area contributed by atoms with Crippen molar-refractivity contribution in [3.8, 4) is 5.75 Å². The van der Waals surface area contributed by atoms with Crippen molar-refractivity contribution in [2.75, 3.05) is 0 Å². The molecule has 0 bridgehead atoms. The molecule has 0 aliphatic heterocycles. The van der Waals surface area contributed by atoms with Crippen molar-refractivity contribution in [2.24, 2.45) is 5.73 Å². The summed E-state index contributed by atoms with van der Waals surface area (Å²) < 4.78 is 0. The lowest BCUT2D eigenvalue weighted by atomic mass is 9.84. The maximum Gasteiger partial charge on any atom is 0.119 e. The second-order valence-corrected chi connectivity index (χ2v) is 4.95. The van der Waals surface area contributed by atoms with Gasteiger partial charge in [0.25, 0.3) is 0 Å². The van der Waals surface area contributed by atoms with Gasteiger partial charge >= 0.3 is 0 Å². The van der Waals surface area contributed by atoms with Crippen molar-refractivity contribution >= 4 is 0 Å². The van der Waals surface area contributed by atoms with E-state index in [1.807, 2.05) is 12.1 Å². The van der Waals surface area contributed by atoms with Gasteiger partial charge in [-0.05, 0) is 61.3 Å². The van der Waals surface area contributed by atoms with Crippen LogP contribution in [-0.4, -0.2) is 5.11 Å². The van der Waals surface area contributed by atoms with E-state index in [1.165, 1.54) is 24.0 Å². The number of hydrogen-bond donors (Lipinski definition) is 2. The minimum atomic E-state index is -0.0604. The third-order valence-electron chi connectivity index (χ3n) is 3.84. The first kappa shape index (κ1) is 9.22. The maximum absolute atomic E-state index is 9.83. The Kier molecular flexibility index (Phi) is 1.84. The molecule has 15 heavy (non-hydrogen) atoms. The van der Waals surface area contributed by atoms with Crippen LogP contribution in [0.1, 0.15) is 42.4 Å². The number of hydrogen-bond acceptors (Lipinski definition) is 2. The summed E-state index contributed by atoms with van der Waals surface area (Å²) in [4.78, 5) is 0. The number of aromatic hydroxyl groups is 1. The lowest BCUT2D eigenvalue weighted by molar-refractivity contribution is 0.460. The van der Waals surface area contributed by atoms with Crippen molar-refractivity contribution in [1.82, 2.24) is 0 Å². The van der Waals surface area contributed by atoms with E-state index in [-0.39, 0.29) is 5.54 Å². The van der Waals surface area contributed by atoms with Crippen LogP contribution in [0.3, 0.4) is 0 Å². The van der Waals surface area contributed by atoms with E-state index in [0.717, 1.165) is 31.2 Å². The molecule has 0 heterocycles. The zero-order valence-corrected chi connectivity index (χ0v) is 8.92. The molecule has 0 radical (unpaired) electrons. The van der Waals surface area contributed by atoms with E-state index in [0.29, 0.717) is 5.75 Å². The molecule has 0 spiro atoms. The molecular formula is C13H17NO. The van der Waals surface area contributed by atoms with Gasteiger partial charge in [-0.25, -0.2) is 0 Å². The van der Waals surface area contributed by atoms with Gasteiger partial charge in [0, 0.05) is 5.54 Å². The molecule has 1 saturated carbocycles. The van der Waals surface area contributed by atoms with E-state index in [2.05, 4.69) is 0 Å². The van der Waals surface area contributed by atoms with Gasteiger partial charge in [-0.2, -0.15) is 0 Å². The first-order chi connectivity index (χ1) is 7.21. The normalized spacial score (nSPS) is 22.2. The highest BCUT2D eigenvalue weighted by Gasteiger charge is 2.42. The zero-order valence-electron chi connectivity index (χ0n) is 8.92. The molecule has 2 nitrogen and oxygen atoms in total. The third-order valence-corrected chi connectivity index (χ3v) is 3.84. The average molecular weight is 203 g/mol. The van der Waals surface area contributed by atoms with E-state index in [1.54, 1.807) is 0 Å². The predicted molar refractivity (Wildman–Crippen MR) is 59.8 cm³/mol. The Balaban J connectivity index is 2.15. The Hall–Kier alpha value is -1.02. The van der Waals surface area contributed by atoms with Crippen LogP contribution in [0.4, 0.5) is 0 Å². The summed E-state index contributed by atoms with van der Waals surface area (Å²) in [5.74, 6) is 0.470. The molecule has 0 amide bonds. The summed E-state index contributed by atoms with van der Waals surface area (Å²) in [5, 5.41) is 9.83. The highest BCUT2D eigenvalue weighted by atomic mass is 16.3. The third kappa shape index (κ3) is 1.36. The summed E-state index contributed by atoms with van der Waals surface area (Å²) >= 11 is 0. The SMILES string of the molecule is NC1(c2ccc(O)c3c2CCCC3)CC1. The number of phenolic OH excluding ortho intramolecular Hbond substituents is 1. The Bertz CT molecular complexity index is 407.